The molecule has 1 N–H and O–H groups in total. The number of benzene rings is 1. The number of hydrogen-bond acceptors (Lipinski definition) is 6. The number of halogens is 1. The lowest BCUT2D eigenvalue weighted by Gasteiger charge is -1.97. The van der Waals surface area contributed by atoms with Crippen LogP contribution in [0, 0.1) is 10.1 Å². The Morgan fingerprint density at radius 3 is 2.95 bits per heavy atom. The first-order chi connectivity index (χ1) is 9.61. The quantitative estimate of drug-likeness (QED) is 0.562. The Bertz CT molecular complexity index is 783. The van der Waals surface area contributed by atoms with Crippen molar-refractivity contribution < 1.29 is 9.34 Å². The second-order valence-corrected chi connectivity index (χ2v) is 6.54. The number of hydrogen-bond donors (Lipinski definition) is 1. The topological polar surface area (TPSA) is 81.2 Å². The van der Waals surface area contributed by atoms with E-state index in [1.807, 2.05) is 12.1 Å². The van der Waals surface area contributed by atoms with Crippen LogP contribution >= 0.6 is 27.3 Å². The number of nitro groups is 1. The van der Waals surface area contributed by atoms with Crippen molar-refractivity contribution in [2.24, 2.45) is 0 Å². The van der Waals surface area contributed by atoms with Crippen molar-refractivity contribution in [3.05, 3.63) is 49.1 Å². The first kappa shape index (κ1) is 13.1. The van der Waals surface area contributed by atoms with Crippen LogP contribution in [-0.2, 0) is 6.54 Å². The fraction of sp³-hybridized carbons (Fsp3) is 0.0833. The van der Waals surface area contributed by atoms with Crippen molar-refractivity contribution in [2.45, 2.75) is 6.54 Å². The summed E-state index contributed by atoms with van der Waals surface area (Å²) in [6.07, 6.45) is 0. The molecule has 0 aliphatic heterocycles. The van der Waals surface area contributed by atoms with Gasteiger partial charge in [-0.05, 0) is 34.1 Å². The molecule has 0 amide bonds. The van der Waals surface area contributed by atoms with Gasteiger partial charge in [-0.3, -0.25) is 10.1 Å². The van der Waals surface area contributed by atoms with Gasteiger partial charge in [0.05, 0.1) is 21.3 Å². The fourth-order valence-corrected chi connectivity index (χ4v) is 3.13. The molecule has 0 saturated heterocycles. The average Bonchev–Trinajstić information content (AvgIpc) is 3.00. The van der Waals surface area contributed by atoms with Crippen molar-refractivity contribution in [3.63, 3.8) is 0 Å². The van der Waals surface area contributed by atoms with Crippen LogP contribution in [0.3, 0.4) is 0 Å². The van der Waals surface area contributed by atoms with Crippen LogP contribution in [0.25, 0.3) is 11.1 Å². The normalized spacial score (nSPS) is 10.8. The molecule has 0 atom stereocenters. The summed E-state index contributed by atoms with van der Waals surface area (Å²) in [6, 6.07) is 8.67. The molecule has 2 aromatic heterocycles. The maximum atomic E-state index is 10.7. The van der Waals surface area contributed by atoms with E-state index in [-0.39, 0.29) is 5.69 Å². The Kier molecular flexibility index (Phi) is 3.41. The molecule has 20 heavy (non-hydrogen) atoms. The first-order valence-corrected chi connectivity index (χ1v) is 7.26. The third-order valence-electron chi connectivity index (χ3n) is 2.63. The lowest BCUT2D eigenvalue weighted by atomic mass is 10.3. The number of oxazole rings is 1. The highest BCUT2D eigenvalue weighted by Gasteiger charge is 2.11. The molecule has 0 radical (unpaired) electrons. The number of nitro benzene ring substituents is 1. The van der Waals surface area contributed by atoms with Gasteiger partial charge in [0.1, 0.15) is 5.52 Å². The SMILES string of the molecule is O=[N+]([O-])c1ccc2nc(NCc3ccc(Br)s3)oc2c1. The Balaban J connectivity index is 1.80. The number of fused-ring (bicyclic) bond motifs is 1. The minimum Gasteiger partial charge on any atom is -0.423 e. The summed E-state index contributed by atoms with van der Waals surface area (Å²) in [7, 11) is 0. The Morgan fingerprint density at radius 2 is 2.25 bits per heavy atom. The van der Waals surface area contributed by atoms with Crippen LogP contribution in [0.15, 0.2) is 38.5 Å². The molecule has 102 valence electrons. The molecule has 3 aromatic rings. The van der Waals surface area contributed by atoms with Gasteiger partial charge in [0, 0.05) is 10.9 Å². The molecule has 0 unspecified atom stereocenters. The number of thiophene rings is 1. The average molecular weight is 354 g/mol. The fourth-order valence-electron chi connectivity index (χ4n) is 1.71. The van der Waals surface area contributed by atoms with Gasteiger partial charge in [0.2, 0.25) is 0 Å². The summed E-state index contributed by atoms with van der Waals surface area (Å²) in [5.41, 5.74) is 0.974. The molecule has 0 saturated carbocycles. The van der Waals surface area contributed by atoms with Crippen molar-refractivity contribution in [1.82, 2.24) is 4.98 Å². The van der Waals surface area contributed by atoms with Gasteiger partial charge in [0.25, 0.3) is 11.7 Å². The van der Waals surface area contributed by atoms with Gasteiger partial charge < -0.3 is 9.73 Å². The Hall–Kier alpha value is -1.93. The number of anilines is 1. The molecule has 0 fully saturated rings. The number of non-ortho nitro benzene ring substituents is 1. The molecule has 2 heterocycles. The number of rotatable bonds is 4. The zero-order valence-electron chi connectivity index (χ0n) is 10.00. The predicted molar refractivity (Wildman–Crippen MR) is 80.0 cm³/mol. The molecule has 3 rings (SSSR count). The van der Waals surface area contributed by atoms with E-state index >= 15 is 0 Å². The number of nitrogens with zero attached hydrogens (tertiary/aromatic N) is 2. The molecular formula is C12H8BrN3O3S. The minimum absolute atomic E-state index is 0.0117. The summed E-state index contributed by atoms with van der Waals surface area (Å²) in [5.74, 6) is 0. The minimum atomic E-state index is -0.460. The molecule has 6 nitrogen and oxygen atoms in total. The van der Waals surface area contributed by atoms with Crippen LogP contribution in [0.4, 0.5) is 11.7 Å². The number of nitrogens with one attached hydrogen (secondary N) is 1. The van der Waals surface area contributed by atoms with Gasteiger partial charge >= 0.3 is 0 Å². The Morgan fingerprint density at radius 1 is 1.40 bits per heavy atom. The lowest BCUT2D eigenvalue weighted by molar-refractivity contribution is -0.384. The van der Waals surface area contributed by atoms with Gasteiger partial charge in [0.15, 0.2) is 5.58 Å². The third kappa shape index (κ3) is 2.66. The highest BCUT2D eigenvalue weighted by atomic mass is 79.9. The Labute approximate surface area is 125 Å². The summed E-state index contributed by atoms with van der Waals surface area (Å²) in [5, 5.41) is 13.7. The summed E-state index contributed by atoms with van der Waals surface area (Å²) in [6.45, 7) is 0.588. The van der Waals surface area contributed by atoms with Crippen molar-refractivity contribution in [1.29, 1.82) is 0 Å². The van der Waals surface area contributed by atoms with Gasteiger partial charge in [-0.1, -0.05) is 0 Å². The van der Waals surface area contributed by atoms with E-state index in [4.69, 9.17) is 4.42 Å². The smallest absolute Gasteiger partial charge is 0.295 e. The van der Waals surface area contributed by atoms with E-state index in [2.05, 4.69) is 26.2 Å². The molecule has 0 spiro atoms. The van der Waals surface area contributed by atoms with Gasteiger partial charge in [-0.15, -0.1) is 11.3 Å². The lowest BCUT2D eigenvalue weighted by Crippen LogP contribution is -1.96. The van der Waals surface area contributed by atoms with Crippen molar-refractivity contribution in [2.75, 3.05) is 5.32 Å². The molecule has 0 bridgehead atoms. The zero-order chi connectivity index (χ0) is 14.1. The second-order valence-electron chi connectivity index (χ2n) is 3.99. The second kappa shape index (κ2) is 5.22. The largest absolute Gasteiger partial charge is 0.423 e. The van der Waals surface area contributed by atoms with E-state index in [1.54, 1.807) is 17.4 Å². The van der Waals surface area contributed by atoms with Gasteiger partial charge in [-0.25, -0.2) is 0 Å². The first-order valence-electron chi connectivity index (χ1n) is 5.65. The van der Waals surface area contributed by atoms with Crippen molar-refractivity contribution >= 4 is 50.1 Å². The predicted octanol–water partition coefficient (Wildman–Crippen LogP) is 4.17. The highest BCUT2D eigenvalue weighted by Crippen LogP contribution is 2.25. The highest BCUT2D eigenvalue weighted by molar-refractivity contribution is 9.11. The van der Waals surface area contributed by atoms with Crippen LogP contribution in [0.2, 0.25) is 0 Å². The molecule has 1 aromatic carbocycles. The van der Waals surface area contributed by atoms with Crippen molar-refractivity contribution in [3.8, 4) is 0 Å². The molecule has 0 aliphatic rings. The summed E-state index contributed by atoms with van der Waals surface area (Å²) in [4.78, 5) is 15.6. The van der Waals surface area contributed by atoms with Crippen LogP contribution in [0.5, 0.6) is 0 Å². The number of aromatic nitrogens is 1. The maximum absolute atomic E-state index is 10.7. The molecule has 8 heteroatoms. The zero-order valence-corrected chi connectivity index (χ0v) is 12.4. The molecular weight excluding hydrogens is 346 g/mol. The monoisotopic (exact) mass is 353 g/mol. The van der Waals surface area contributed by atoms with Crippen LogP contribution in [0.1, 0.15) is 4.88 Å². The summed E-state index contributed by atoms with van der Waals surface area (Å²) < 4.78 is 6.51. The summed E-state index contributed by atoms with van der Waals surface area (Å²) >= 11 is 5.01. The van der Waals surface area contributed by atoms with E-state index in [0.29, 0.717) is 23.7 Å². The van der Waals surface area contributed by atoms with Gasteiger partial charge in [-0.2, -0.15) is 4.98 Å². The van der Waals surface area contributed by atoms with E-state index in [0.717, 1.165) is 8.66 Å². The maximum Gasteiger partial charge on any atom is 0.295 e. The molecule has 0 aliphatic carbocycles. The van der Waals surface area contributed by atoms with Crippen LogP contribution in [-0.4, -0.2) is 9.91 Å². The van der Waals surface area contributed by atoms with Crippen LogP contribution < -0.4 is 5.32 Å². The van der Waals surface area contributed by atoms with E-state index in [9.17, 15) is 10.1 Å². The standard InChI is InChI=1S/C12H8BrN3O3S/c13-11-4-2-8(20-11)6-14-12-15-9-3-1-7(16(17)18)5-10(9)19-12/h1-5H,6H2,(H,14,15). The third-order valence-corrected chi connectivity index (χ3v) is 4.25. The van der Waals surface area contributed by atoms with E-state index < -0.39 is 4.92 Å². The van der Waals surface area contributed by atoms with E-state index in [1.165, 1.54) is 12.1 Å².